The maximum Gasteiger partial charge on any atom is 0.275 e. The molecule has 4 aliphatic rings. The van der Waals surface area contributed by atoms with Gasteiger partial charge in [0.25, 0.3) is 11.6 Å². The second-order valence-electron chi connectivity index (χ2n) is 11.4. The first-order valence-electron chi connectivity index (χ1n) is 13.4. The lowest BCUT2D eigenvalue weighted by Gasteiger charge is -2.50. The summed E-state index contributed by atoms with van der Waals surface area (Å²) in [6.07, 6.45) is 1.37. The number of nitrogens with one attached hydrogen (secondary N) is 1. The highest BCUT2D eigenvalue weighted by Gasteiger charge is 2.63. The predicted molar refractivity (Wildman–Crippen MR) is 145 cm³/mol. The Morgan fingerprint density at radius 3 is 2.43 bits per heavy atom. The van der Waals surface area contributed by atoms with Crippen molar-refractivity contribution in [2.45, 2.75) is 37.3 Å². The maximum absolute atomic E-state index is 13.9. The first-order chi connectivity index (χ1) is 19.7. The van der Waals surface area contributed by atoms with Crippen molar-refractivity contribution in [1.29, 1.82) is 0 Å². The third-order valence-corrected chi connectivity index (χ3v) is 8.74. The molecule has 1 aromatic rings. The Labute approximate surface area is 239 Å². The number of nitrogens with two attached hydrogens (primary N) is 1. The van der Waals surface area contributed by atoms with E-state index in [2.05, 4.69) is 5.32 Å². The van der Waals surface area contributed by atoms with E-state index in [-0.39, 0.29) is 30.6 Å². The minimum Gasteiger partial charge on any atom is -0.510 e. The van der Waals surface area contributed by atoms with E-state index in [9.17, 15) is 49.7 Å². The molecular formula is C27H31N5O10. The first-order valence-corrected chi connectivity index (χ1v) is 13.4. The van der Waals surface area contributed by atoms with Crippen LogP contribution in [0.25, 0.3) is 0 Å². The Morgan fingerprint density at radius 2 is 1.86 bits per heavy atom. The van der Waals surface area contributed by atoms with E-state index in [4.69, 9.17) is 5.73 Å². The number of aliphatic hydroxyl groups is 3. The number of phenolic OH excluding ortho intramolecular Hbond substituents is 1. The zero-order valence-corrected chi connectivity index (χ0v) is 22.9. The van der Waals surface area contributed by atoms with E-state index in [1.807, 2.05) is 4.90 Å². The summed E-state index contributed by atoms with van der Waals surface area (Å²) in [5.41, 5.74) is -0.539. The van der Waals surface area contributed by atoms with Gasteiger partial charge in [0.1, 0.15) is 17.1 Å². The van der Waals surface area contributed by atoms with Crippen LogP contribution in [0.1, 0.15) is 35.2 Å². The van der Waals surface area contributed by atoms with E-state index in [0.29, 0.717) is 13.1 Å². The number of aliphatic hydroxyl groups excluding tert-OH is 2. The normalized spacial score (nSPS) is 27.6. The quantitative estimate of drug-likeness (QED) is 0.112. The minimum absolute atomic E-state index is 0.0293. The molecule has 1 aliphatic heterocycles. The number of hydrogen-bond donors (Lipinski definition) is 6. The molecule has 2 amide bonds. The number of primary amides is 1. The number of allylic oxidation sites excluding steroid dienone is 1. The summed E-state index contributed by atoms with van der Waals surface area (Å²) in [5.74, 6) is -9.19. The van der Waals surface area contributed by atoms with Crippen molar-refractivity contribution in [3.63, 3.8) is 0 Å². The van der Waals surface area contributed by atoms with Crippen LogP contribution in [0.2, 0.25) is 0 Å². The number of ketones is 2. The van der Waals surface area contributed by atoms with E-state index in [1.54, 1.807) is 0 Å². The van der Waals surface area contributed by atoms with Crippen LogP contribution in [0.4, 0.5) is 11.4 Å². The number of carbonyl (C=O) groups excluding carboxylic acids is 4. The molecule has 15 nitrogen and oxygen atoms in total. The Morgan fingerprint density at radius 1 is 1.21 bits per heavy atom. The van der Waals surface area contributed by atoms with E-state index in [0.717, 1.165) is 18.9 Å². The summed E-state index contributed by atoms with van der Waals surface area (Å²) in [6.45, 7) is 1.36. The first kappa shape index (κ1) is 29.2. The molecule has 0 spiro atoms. The smallest absolute Gasteiger partial charge is 0.275 e. The van der Waals surface area contributed by atoms with Crippen molar-refractivity contribution in [3.8, 4) is 5.75 Å². The molecule has 1 heterocycles. The van der Waals surface area contributed by atoms with Gasteiger partial charge >= 0.3 is 0 Å². The summed E-state index contributed by atoms with van der Waals surface area (Å²) in [7, 11) is 2.99. The topological polar surface area (TPSA) is 237 Å². The second kappa shape index (κ2) is 10.2. The van der Waals surface area contributed by atoms with Crippen LogP contribution < -0.4 is 11.1 Å². The van der Waals surface area contributed by atoms with Crippen molar-refractivity contribution in [2.24, 2.45) is 17.6 Å². The van der Waals surface area contributed by atoms with Crippen LogP contribution in [0.15, 0.2) is 28.7 Å². The Kier molecular flexibility index (Phi) is 7.07. The number of phenols is 1. The highest BCUT2D eigenvalue weighted by molar-refractivity contribution is 6.25. The molecule has 7 N–H and O–H groups in total. The third-order valence-electron chi connectivity index (χ3n) is 8.74. The van der Waals surface area contributed by atoms with Crippen LogP contribution >= 0.6 is 0 Å². The SMILES string of the molecule is CN(C)[C@@H]1C(O)=C(C(N)=O)C(=O)[C@@]2(O)C(O)=C3C(=O)c4c(O)c(NC(=O)CN5CCCC5)cc([N+](=O)[O-])c4C[C@H]3C[C@@H]12. The van der Waals surface area contributed by atoms with E-state index < -0.39 is 91.4 Å². The number of likely N-dealkylation sites (tertiary alicyclic amines) is 1. The number of fused-ring (bicyclic) bond motifs is 3. The fourth-order valence-electron chi connectivity index (χ4n) is 6.89. The molecule has 1 saturated heterocycles. The standard InChI is InChI=1S/C27H31N5O10/c1-30(2)20-13-8-11-7-12-15(32(41)42)9-14(29-16(33)10-31-5-3-4-6-31)21(34)18(12)22(35)17(11)24(37)27(13,40)25(38)19(23(20)36)26(28)39/h9,11,13,20,34,36-37,40H,3-8,10H2,1-2H3,(H2,28,39)(H,29,33)/t11-,13-,20-,27-/m0/s1. The highest BCUT2D eigenvalue weighted by Crippen LogP contribution is 2.53. The van der Waals surface area contributed by atoms with Crippen LogP contribution in [0.5, 0.6) is 5.75 Å². The summed E-state index contributed by atoms with van der Waals surface area (Å²) in [5, 5.41) is 59.5. The second-order valence-corrected chi connectivity index (χ2v) is 11.4. The predicted octanol–water partition coefficient (Wildman–Crippen LogP) is 0.0631. The van der Waals surface area contributed by atoms with E-state index in [1.165, 1.54) is 19.0 Å². The number of nitro groups is 1. The Bertz CT molecular complexity index is 1510. The molecule has 224 valence electrons. The largest absolute Gasteiger partial charge is 0.510 e. The summed E-state index contributed by atoms with van der Waals surface area (Å²) in [4.78, 5) is 66.7. The lowest BCUT2D eigenvalue weighted by molar-refractivity contribution is -0.385. The Balaban J connectivity index is 1.63. The Hall–Kier alpha value is -4.34. The molecule has 0 radical (unpaired) electrons. The van der Waals surface area contributed by atoms with Crippen LogP contribution in [-0.2, 0) is 20.8 Å². The van der Waals surface area contributed by atoms with Crippen LogP contribution in [0, 0.1) is 22.0 Å². The number of likely N-dealkylation sites (N-methyl/N-ethyl adjacent to an activating group) is 1. The van der Waals surface area contributed by atoms with Gasteiger partial charge in [-0.05, 0) is 58.8 Å². The van der Waals surface area contributed by atoms with E-state index >= 15 is 0 Å². The molecule has 15 heteroatoms. The lowest BCUT2D eigenvalue weighted by Crippen LogP contribution is -2.63. The average molecular weight is 586 g/mol. The van der Waals surface area contributed by atoms with Crippen LogP contribution in [0.3, 0.4) is 0 Å². The molecule has 0 unspecified atom stereocenters. The number of aromatic hydroxyl groups is 1. The van der Waals surface area contributed by atoms with Gasteiger partial charge in [-0.2, -0.15) is 0 Å². The number of nitro benzene ring substituents is 1. The van der Waals surface area contributed by atoms with Crippen LogP contribution in [-0.4, -0.2) is 104 Å². The van der Waals surface area contributed by atoms with Gasteiger partial charge in [0.15, 0.2) is 17.1 Å². The van der Waals surface area contributed by atoms with Gasteiger partial charge in [0.05, 0.1) is 28.8 Å². The summed E-state index contributed by atoms with van der Waals surface area (Å²) >= 11 is 0. The van der Waals surface area contributed by atoms with Crippen molar-refractivity contribution in [3.05, 3.63) is 50.0 Å². The molecule has 42 heavy (non-hydrogen) atoms. The van der Waals surface area contributed by atoms with Crippen molar-refractivity contribution in [1.82, 2.24) is 9.80 Å². The number of benzene rings is 1. The minimum atomic E-state index is -2.84. The maximum atomic E-state index is 13.9. The summed E-state index contributed by atoms with van der Waals surface area (Å²) in [6, 6.07) is -0.218. The number of amides is 2. The molecule has 4 atom stereocenters. The molecule has 0 aromatic heterocycles. The number of nitrogens with zero attached hydrogens (tertiary/aromatic N) is 3. The highest BCUT2D eigenvalue weighted by atomic mass is 16.6. The zero-order valence-electron chi connectivity index (χ0n) is 22.9. The molecule has 0 saturated carbocycles. The van der Waals surface area contributed by atoms with Crippen molar-refractivity contribution >= 4 is 34.8 Å². The molecule has 1 fully saturated rings. The molecular weight excluding hydrogens is 554 g/mol. The summed E-state index contributed by atoms with van der Waals surface area (Å²) < 4.78 is 0. The van der Waals surface area contributed by atoms with Gasteiger partial charge in [-0.1, -0.05) is 0 Å². The monoisotopic (exact) mass is 585 g/mol. The molecule has 5 rings (SSSR count). The van der Waals surface area contributed by atoms with Gasteiger partial charge in [-0.3, -0.25) is 39.1 Å². The van der Waals surface area contributed by atoms with Gasteiger partial charge in [-0.25, -0.2) is 0 Å². The average Bonchev–Trinajstić information content (AvgIpc) is 3.40. The fraction of sp³-hybridized carbons (Fsp3) is 0.481. The number of hydrogen-bond acceptors (Lipinski definition) is 12. The van der Waals surface area contributed by atoms with Gasteiger partial charge < -0.3 is 31.5 Å². The van der Waals surface area contributed by atoms with Gasteiger partial charge in [0, 0.05) is 23.1 Å². The number of Topliss-reactive ketones (excluding diaryl/α,β-unsaturated/α-hetero) is 2. The van der Waals surface area contributed by atoms with Gasteiger partial charge in [-0.15, -0.1) is 0 Å². The fourth-order valence-corrected chi connectivity index (χ4v) is 6.89. The molecule has 3 aliphatic carbocycles. The zero-order chi connectivity index (χ0) is 30.8. The van der Waals surface area contributed by atoms with Gasteiger partial charge in [0.2, 0.25) is 11.7 Å². The third kappa shape index (κ3) is 4.23. The lowest BCUT2D eigenvalue weighted by atomic mass is 9.58. The number of anilines is 1. The molecule has 0 bridgehead atoms. The molecule has 1 aromatic carbocycles. The number of rotatable bonds is 6. The number of carbonyl (C=O) groups is 4. The van der Waals surface area contributed by atoms with Crippen molar-refractivity contribution < 1.29 is 44.5 Å². The van der Waals surface area contributed by atoms with Crippen molar-refractivity contribution in [2.75, 3.05) is 39.0 Å².